The quantitative estimate of drug-likeness (QED) is 0.802. The Balaban J connectivity index is 1.49. The maximum absolute atomic E-state index is 12.3. The molecule has 24 heavy (non-hydrogen) atoms. The number of piperazine rings is 1. The third-order valence-electron chi connectivity index (χ3n) is 4.37. The van der Waals surface area contributed by atoms with Gasteiger partial charge in [0, 0.05) is 16.1 Å². The Morgan fingerprint density at radius 3 is 2.38 bits per heavy atom. The van der Waals surface area contributed by atoms with Gasteiger partial charge in [0.2, 0.25) is 5.91 Å². The number of carbonyl (C=O) groups excluding carboxylic acids is 1. The van der Waals surface area contributed by atoms with Crippen molar-refractivity contribution >= 4 is 27.9 Å². The molecular formula is C20H22BrN2O+. The van der Waals surface area contributed by atoms with E-state index < -0.39 is 0 Å². The minimum absolute atomic E-state index is 0.108. The van der Waals surface area contributed by atoms with Crippen molar-refractivity contribution in [2.75, 3.05) is 26.2 Å². The van der Waals surface area contributed by atoms with E-state index >= 15 is 0 Å². The summed E-state index contributed by atoms with van der Waals surface area (Å²) in [6, 6.07) is 18.5. The van der Waals surface area contributed by atoms with E-state index in [4.69, 9.17) is 0 Å². The summed E-state index contributed by atoms with van der Waals surface area (Å²) in [5, 5.41) is 0. The maximum Gasteiger partial charge on any atom is 0.246 e. The van der Waals surface area contributed by atoms with Crippen molar-refractivity contribution in [3.05, 3.63) is 76.3 Å². The molecule has 0 spiro atoms. The Kier molecular flexibility index (Phi) is 5.83. The monoisotopic (exact) mass is 385 g/mol. The average Bonchev–Trinajstić information content (AvgIpc) is 2.62. The third kappa shape index (κ3) is 4.79. The molecule has 0 atom stereocenters. The first-order valence-electron chi connectivity index (χ1n) is 8.31. The molecule has 0 unspecified atom stereocenters. The Bertz CT molecular complexity index is 689. The van der Waals surface area contributed by atoms with Crippen molar-refractivity contribution in [3.8, 4) is 0 Å². The molecule has 1 aliphatic rings. The molecule has 1 heterocycles. The fraction of sp³-hybridized carbons (Fsp3) is 0.250. The second-order valence-electron chi connectivity index (χ2n) is 6.12. The number of nitrogens with zero attached hydrogens (tertiary/aromatic N) is 1. The Hall–Kier alpha value is -1.91. The molecule has 124 valence electrons. The molecule has 2 aromatic carbocycles. The van der Waals surface area contributed by atoms with Crippen LogP contribution >= 0.6 is 15.9 Å². The second-order valence-corrected chi connectivity index (χ2v) is 7.04. The van der Waals surface area contributed by atoms with Crippen molar-refractivity contribution in [1.82, 2.24) is 4.90 Å². The van der Waals surface area contributed by atoms with E-state index in [1.54, 1.807) is 11.0 Å². The normalized spacial score (nSPS) is 15.8. The lowest BCUT2D eigenvalue weighted by Gasteiger charge is -2.31. The molecule has 0 aromatic heterocycles. The number of quaternary nitrogens is 1. The predicted molar refractivity (Wildman–Crippen MR) is 101 cm³/mol. The molecule has 3 rings (SSSR count). The van der Waals surface area contributed by atoms with Gasteiger partial charge in [-0.1, -0.05) is 58.4 Å². The minimum Gasteiger partial charge on any atom is -0.328 e. The number of halogens is 1. The van der Waals surface area contributed by atoms with Crippen LogP contribution in [0.25, 0.3) is 6.08 Å². The molecule has 1 fully saturated rings. The smallest absolute Gasteiger partial charge is 0.246 e. The molecule has 0 bridgehead atoms. The zero-order valence-corrected chi connectivity index (χ0v) is 15.2. The lowest BCUT2D eigenvalue weighted by molar-refractivity contribution is -0.917. The summed E-state index contributed by atoms with van der Waals surface area (Å²) in [5.41, 5.74) is 2.40. The summed E-state index contributed by atoms with van der Waals surface area (Å²) in [5.74, 6) is 0.108. The van der Waals surface area contributed by atoms with Crippen LogP contribution in [0.4, 0.5) is 0 Å². The van der Waals surface area contributed by atoms with Crippen LogP contribution in [0.1, 0.15) is 11.1 Å². The van der Waals surface area contributed by atoms with Gasteiger partial charge in [0.05, 0.1) is 26.2 Å². The van der Waals surface area contributed by atoms with E-state index in [1.807, 2.05) is 41.3 Å². The molecule has 3 nitrogen and oxygen atoms in total. The van der Waals surface area contributed by atoms with E-state index in [1.165, 1.54) is 5.56 Å². The SMILES string of the molecule is O=C(/C=C/c1ccc(Br)cc1)N1CC[NH+](Cc2ccccc2)CC1. The second kappa shape index (κ2) is 8.27. The van der Waals surface area contributed by atoms with Crippen LogP contribution in [0.3, 0.4) is 0 Å². The Morgan fingerprint density at radius 1 is 1.04 bits per heavy atom. The van der Waals surface area contributed by atoms with Gasteiger partial charge in [-0.15, -0.1) is 0 Å². The highest BCUT2D eigenvalue weighted by molar-refractivity contribution is 9.10. The zero-order valence-electron chi connectivity index (χ0n) is 13.6. The van der Waals surface area contributed by atoms with Gasteiger partial charge >= 0.3 is 0 Å². The first-order valence-corrected chi connectivity index (χ1v) is 9.10. The van der Waals surface area contributed by atoms with Gasteiger partial charge in [-0.25, -0.2) is 0 Å². The summed E-state index contributed by atoms with van der Waals surface area (Å²) in [6.45, 7) is 4.70. The fourth-order valence-corrected chi connectivity index (χ4v) is 3.22. The van der Waals surface area contributed by atoms with E-state index in [0.29, 0.717) is 0 Å². The van der Waals surface area contributed by atoms with Crippen molar-refractivity contribution in [1.29, 1.82) is 0 Å². The van der Waals surface area contributed by atoms with Crippen LogP contribution in [0.15, 0.2) is 65.1 Å². The summed E-state index contributed by atoms with van der Waals surface area (Å²) in [7, 11) is 0. The van der Waals surface area contributed by atoms with Crippen LogP contribution in [0.2, 0.25) is 0 Å². The van der Waals surface area contributed by atoms with Crippen LogP contribution < -0.4 is 4.90 Å². The Morgan fingerprint density at radius 2 is 1.71 bits per heavy atom. The highest BCUT2D eigenvalue weighted by atomic mass is 79.9. The molecule has 1 amide bonds. The number of benzene rings is 2. The number of hydrogen-bond acceptors (Lipinski definition) is 1. The van der Waals surface area contributed by atoms with Crippen LogP contribution in [-0.4, -0.2) is 37.0 Å². The van der Waals surface area contributed by atoms with Gasteiger partial charge < -0.3 is 9.80 Å². The van der Waals surface area contributed by atoms with Gasteiger partial charge in [-0.2, -0.15) is 0 Å². The maximum atomic E-state index is 12.3. The lowest BCUT2D eigenvalue weighted by Crippen LogP contribution is -3.13. The number of rotatable bonds is 4. The highest BCUT2D eigenvalue weighted by Crippen LogP contribution is 2.11. The molecule has 2 aromatic rings. The van der Waals surface area contributed by atoms with E-state index in [0.717, 1.165) is 42.8 Å². The number of hydrogen-bond donors (Lipinski definition) is 1. The van der Waals surface area contributed by atoms with Gasteiger partial charge in [0.1, 0.15) is 6.54 Å². The van der Waals surface area contributed by atoms with Gasteiger partial charge in [0.15, 0.2) is 0 Å². The fourth-order valence-electron chi connectivity index (χ4n) is 2.95. The van der Waals surface area contributed by atoms with Crippen molar-refractivity contribution in [2.45, 2.75) is 6.54 Å². The summed E-state index contributed by atoms with van der Waals surface area (Å²) < 4.78 is 1.04. The molecule has 0 aliphatic carbocycles. The van der Waals surface area contributed by atoms with Crippen molar-refractivity contribution in [2.24, 2.45) is 0 Å². The molecule has 0 radical (unpaired) electrons. The van der Waals surface area contributed by atoms with Gasteiger partial charge in [0.25, 0.3) is 0 Å². The van der Waals surface area contributed by atoms with E-state index in [9.17, 15) is 4.79 Å². The third-order valence-corrected chi connectivity index (χ3v) is 4.90. The molecule has 0 saturated carbocycles. The first kappa shape index (κ1) is 16.9. The van der Waals surface area contributed by atoms with Crippen LogP contribution in [-0.2, 0) is 11.3 Å². The molecule has 1 saturated heterocycles. The largest absolute Gasteiger partial charge is 0.328 e. The topological polar surface area (TPSA) is 24.8 Å². The molecular weight excluding hydrogens is 364 g/mol. The minimum atomic E-state index is 0.108. The lowest BCUT2D eigenvalue weighted by atomic mass is 10.2. The van der Waals surface area contributed by atoms with Crippen LogP contribution in [0.5, 0.6) is 0 Å². The van der Waals surface area contributed by atoms with Crippen molar-refractivity contribution < 1.29 is 9.69 Å². The van der Waals surface area contributed by atoms with E-state index in [2.05, 4.69) is 40.2 Å². The molecule has 1 N–H and O–H groups in total. The van der Waals surface area contributed by atoms with Crippen LogP contribution in [0, 0.1) is 0 Å². The average molecular weight is 386 g/mol. The first-order chi connectivity index (χ1) is 11.7. The number of carbonyl (C=O) groups is 1. The summed E-state index contributed by atoms with van der Waals surface area (Å²) in [6.07, 6.45) is 3.57. The molecule has 1 aliphatic heterocycles. The van der Waals surface area contributed by atoms with Gasteiger partial charge in [-0.05, 0) is 23.8 Å². The Labute approximate surface area is 151 Å². The van der Waals surface area contributed by atoms with E-state index in [-0.39, 0.29) is 5.91 Å². The summed E-state index contributed by atoms with van der Waals surface area (Å²) in [4.78, 5) is 15.8. The van der Waals surface area contributed by atoms with Gasteiger partial charge in [-0.3, -0.25) is 4.79 Å². The van der Waals surface area contributed by atoms with Crippen molar-refractivity contribution in [3.63, 3.8) is 0 Å². The standard InChI is InChI=1S/C20H21BrN2O/c21-19-9-6-17(7-10-19)8-11-20(24)23-14-12-22(13-15-23)16-18-4-2-1-3-5-18/h1-11H,12-16H2/p+1/b11-8+. The zero-order chi connectivity index (χ0) is 16.8. The highest BCUT2D eigenvalue weighted by Gasteiger charge is 2.22. The summed E-state index contributed by atoms with van der Waals surface area (Å²) >= 11 is 3.42. The molecule has 4 heteroatoms. The predicted octanol–water partition coefficient (Wildman–Crippen LogP) is 2.39. The number of nitrogens with one attached hydrogen (secondary N) is 1. The number of amides is 1.